The van der Waals surface area contributed by atoms with Gasteiger partial charge in [-0.3, -0.25) is 4.90 Å². The molecule has 3 heteroatoms. The minimum atomic E-state index is 0.299. The summed E-state index contributed by atoms with van der Waals surface area (Å²) in [7, 11) is 1.71. The zero-order chi connectivity index (χ0) is 13.1. The van der Waals surface area contributed by atoms with Gasteiger partial charge in [-0.25, -0.2) is 0 Å². The lowest BCUT2D eigenvalue weighted by atomic mass is 10.0. The van der Waals surface area contributed by atoms with Crippen molar-refractivity contribution < 1.29 is 4.74 Å². The van der Waals surface area contributed by atoms with E-state index in [1.54, 1.807) is 7.11 Å². The zero-order valence-corrected chi connectivity index (χ0v) is 11.6. The van der Waals surface area contributed by atoms with E-state index in [9.17, 15) is 0 Å². The van der Waals surface area contributed by atoms with Crippen molar-refractivity contribution in [2.75, 3.05) is 20.2 Å². The maximum atomic E-state index is 6.00. The molecule has 3 nitrogen and oxygen atoms in total. The van der Waals surface area contributed by atoms with Gasteiger partial charge in [0.05, 0.1) is 7.11 Å². The number of benzene rings is 1. The second-order valence-electron chi connectivity index (χ2n) is 5.36. The van der Waals surface area contributed by atoms with Crippen LogP contribution in [0.1, 0.15) is 31.9 Å². The van der Waals surface area contributed by atoms with Gasteiger partial charge in [0.25, 0.3) is 0 Å². The SMILES string of the molecule is COc1cccc(C(C)N2CCC(C(C)N)C2)c1. The van der Waals surface area contributed by atoms with Crippen LogP contribution in [0.5, 0.6) is 5.75 Å². The normalized spacial score (nSPS) is 23.9. The number of hydrogen-bond acceptors (Lipinski definition) is 3. The Balaban J connectivity index is 2.05. The molecule has 0 bridgehead atoms. The molecule has 1 saturated heterocycles. The van der Waals surface area contributed by atoms with Crippen molar-refractivity contribution in [3.8, 4) is 5.75 Å². The molecule has 1 heterocycles. The van der Waals surface area contributed by atoms with Gasteiger partial charge in [0.15, 0.2) is 0 Å². The molecule has 1 aromatic carbocycles. The zero-order valence-electron chi connectivity index (χ0n) is 11.6. The van der Waals surface area contributed by atoms with E-state index in [1.165, 1.54) is 12.0 Å². The molecule has 0 saturated carbocycles. The number of nitrogens with zero attached hydrogens (tertiary/aromatic N) is 1. The summed E-state index contributed by atoms with van der Waals surface area (Å²) in [5, 5.41) is 0. The van der Waals surface area contributed by atoms with E-state index in [-0.39, 0.29) is 0 Å². The summed E-state index contributed by atoms with van der Waals surface area (Å²) in [6.07, 6.45) is 1.21. The lowest BCUT2D eigenvalue weighted by Crippen LogP contribution is -2.30. The molecule has 1 aliphatic heterocycles. The molecule has 0 radical (unpaired) electrons. The van der Waals surface area contributed by atoms with Crippen molar-refractivity contribution >= 4 is 0 Å². The number of nitrogens with two attached hydrogens (primary N) is 1. The van der Waals surface area contributed by atoms with Gasteiger partial charge in [-0.2, -0.15) is 0 Å². The predicted molar refractivity (Wildman–Crippen MR) is 74.7 cm³/mol. The first-order valence-corrected chi connectivity index (χ1v) is 6.75. The fourth-order valence-electron chi connectivity index (χ4n) is 2.71. The molecule has 0 spiro atoms. The van der Waals surface area contributed by atoms with Gasteiger partial charge in [-0.05, 0) is 50.4 Å². The van der Waals surface area contributed by atoms with E-state index >= 15 is 0 Å². The molecular weight excluding hydrogens is 224 g/mol. The Bertz CT molecular complexity index is 392. The molecule has 2 N–H and O–H groups in total. The van der Waals surface area contributed by atoms with Crippen LogP contribution in [-0.4, -0.2) is 31.1 Å². The first kappa shape index (κ1) is 13.4. The molecule has 0 aliphatic carbocycles. The Kier molecular flexibility index (Phi) is 4.25. The average Bonchev–Trinajstić information content (AvgIpc) is 2.87. The Labute approximate surface area is 110 Å². The number of likely N-dealkylation sites (tertiary alicyclic amines) is 1. The minimum absolute atomic E-state index is 0.299. The van der Waals surface area contributed by atoms with Crippen LogP contribution in [0.15, 0.2) is 24.3 Å². The molecule has 3 atom stereocenters. The van der Waals surface area contributed by atoms with Crippen LogP contribution < -0.4 is 10.5 Å². The van der Waals surface area contributed by atoms with Crippen LogP contribution in [-0.2, 0) is 0 Å². The highest BCUT2D eigenvalue weighted by Crippen LogP contribution is 2.29. The third-order valence-electron chi connectivity index (χ3n) is 4.12. The van der Waals surface area contributed by atoms with Crippen LogP contribution in [0, 0.1) is 5.92 Å². The Morgan fingerprint density at radius 1 is 1.39 bits per heavy atom. The second kappa shape index (κ2) is 5.72. The lowest BCUT2D eigenvalue weighted by Gasteiger charge is -2.25. The van der Waals surface area contributed by atoms with Crippen LogP contribution in [0.25, 0.3) is 0 Å². The average molecular weight is 248 g/mol. The number of hydrogen-bond donors (Lipinski definition) is 1. The van der Waals surface area contributed by atoms with Crippen LogP contribution in [0.3, 0.4) is 0 Å². The molecule has 18 heavy (non-hydrogen) atoms. The lowest BCUT2D eigenvalue weighted by molar-refractivity contribution is 0.247. The van der Waals surface area contributed by atoms with E-state index in [4.69, 9.17) is 10.5 Å². The largest absolute Gasteiger partial charge is 0.497 e. The highest BCUT2D eigenvalue weighted by Gasteiger charge is 2.28. The van der Waals surface area contributed by atoms with Crippen LogP contribution in [0.2, 0.25) is 0 Å². The van der Waals surface area contributed by atoms with Crippen molar-refractivity contribution in [1.82, 2.24) is 4.90 Å². The number of methoxy groups -OCH3 is 1. The van der Waals surface area contributed by atoms with Gasteiger partial charge in [0.2, 0.25) is 0 Å². The third kappa shape index (κ3) is 2.85. The van der Waals surface area contributed by atoms with Crippen molar-refractivity contribution in [2.24, 2.45) is 11.7 Å². The molecular formula is C15H24N2O. The summed E-state index contributed by atoms with van der Waals surface area (Å²) in [5.74, 6) is 1.57. The summed E-state index contributed by atoms with van der Waals surface area (Å²) in [6, 6.07) is 9.08. The summed E-state index contributed by atoms with van der Waals surface area (Å²) >= 11 is 0. The molecule has 1 aliphatic rings. The number of rotatable bonds is 4. The topological polar surface area (TPSA) is 38.5 Å². The summed E-state index contributed by atoms with van der Waals surface area (Å²) in [4.78, 5) is 2.52. The Hall–Kier alpha value is -1.06. The maximum absolute atomic E-state index is 6.00. The van der Waals surface area contributed by atoms with E-state index in [1.807, 2.05) is 6.07 Å². The van der Waals surface area contributed by atoms with Crippen LogP contribution in [0.4, 0.5) is 0 Å². The van der Waals surface area contributed by atoms with Crippen molar-refractivity contribution in [3.05, 3.63) is 29.8 Å². The Morgan fingerprint density at radius 3 is 2.78 bits per heavy atom. The van der Waals surface area contributed by atoms with E-state index in [2.05, 4.69) is 36.9 Å². The predicted octanol–water partition coefficient (Wildman–Crippen LogP) is 2.43. The fourth-order valence-corrected chi connectivity index (χ4v) is 2.71. The molecule has 3 unspecified atom stereocenters. The molecule has 1 aromatic rings. The van der Waals surface area contributed by atoms with Crippen molar-refractivity contribution in [1.29, 1.82) is 0 Å². The van der Waals surface area contributed by atoms with Gasteiger partial charge >= 0.3 is 0 Å². The van der Waals surface area contributed by atoms with Crippen molar-refractivity contribution in [3.63, 3.8) is 0 Å². The fraction of sp³-hybridized carbons (Fsp3) is 0.600. The van der Waals surface area contributed by atoms with E-state index < -0.39 is 0 Å². The quantitative estimate of drug-likeness (QED) is 0.889. The molecule has 100 valence electrons. The summed E-state index contributed by atoms with van der Waals surface area (Å²) < 4.78 is 5.29. The van der Waals surface area contributed by atoms with E-state index in [0.717, 1.165) is 18.8 Å². The van der Waals surface area contributed by atoms with Gasteiger partial charge in [0.1, 0.15) is 5.75 Å². The Morgan fingerprint density at radius 2 is 2.17 bits per heavy atom. The first-order chi connectivity index (χ1) is 8.61. The molecule has 0 aromatic heterocycles. The highest BCUT2D eigenvalue weighted by molar-refractivity contribution is 5.30. The van der Waals surface area contributed by atoms with Gasteiger partial charge in [0, 0.05) is 18.6 Å². The third-order valence-corrected chi connectivity index (χ3v) is 4.12. The highest BCUT2D eigenvalue weighted by atomic mass is 16.5. The van der Waals surface area contributed by atoms with E-state index in [0.29, 0.717) is 18.0 Å². The van der Waals surface area contributed by atoms with Gasteiger partial charge in [-0.1, -0.05) is 12.1 Å². The molecule has 2 rings (SSSR count). The maximum Gasteiger partial charge on any atom is 0.119 e. The summed E-state index contributed by atoms with van der Waals surface area (Å²) in [5.41, 5.74) is 7.32. The molecule has 0 amide bonds. The van der Waals surface area contributed by atoms with Gasteiger partial charge in [-0.15, -0.1) is 0 Å². The second-order valence-corrected chi connectivity index (χ2v) is 5.36. The monoisotopic (exact) mass is 248 g/mol. The first-order valence-electron chi connectivity index (χ1n) is 6.75. The summed E-state index contributed by atoms with van der Waals surface area (Å²) in [6.45, 7) is 6.63. The van der Waals surface area contributed by atoms with Crippen LogP contribution >= 0.6 is 0 Å². The standard InChI is InChI=1S/C15H24N2O/c1-11(16)14-7-8-17(10-14)12(2)13-5-4-6-15(9-13)18-3/h4-6,9,11-12,14H,7-8,10,16H2,1-3H3. The molecule has 1 fully saturated rings. The van der Waals surface area contributed by atoms with Gasteiger partial charge < -0.3 is 10.5 Å². The number of ether oxygens (including phenoxy) is 1. The minimum Gasteiger partial charge on any atom is -0.497 e. The smallest absolute Gasteiger partial charge is 0.119 e. The van der Waals surface area contributed by atoms with Crippen molar-refractivity contribution in [2.45, 2.75) is 32.4 Å².